The standard InChI is InChI=1S/C9H16N6O/c1-6-4-7(13-9(12-6)14-10)11-5-8(16)15(2)3/h4H,5,10H2,1-3H3,(H2,11,12,13,14). The summed E-state index contributed by atoms with van der Waals surface area (Å²) in [7, 11) is 3.39. The first kappa shape index (κ1) is 12.2. The van der Waals surface area contributed by atoms with Crippen molar-refractivity contribution < 1.29 is 4.79 Å². The van der Waals surface area contributed by atoms with Gasteiger partial charge in [0.15, 0.2) is 0 Å². The third kappa shape index (κ3) is 3.35. The van der Waals surface area contributed by atoms with Gasteiger partial charge in [-0.05, 0) is 6.92 Å². The molecule has 7 nitrogen and oxygen atoms in total. The molecular weight excluding hydrogens is 208 g/mol. The number of carbonyl (C=O) groups is 1. The van der Waals surface area contributed by atoms with E-state index in [1.165, 1.54) is 4.90 Å². The minimum atomic E-state index is -0.0291. The topological polar surface area (TPSA) is 96.2 Å². The van der Waals surface area contributed by atoms with Crippen LogP contribution in [0.2, 0.25) is 0 Å². The van der Waals surface area contributed by atoms with Crippen molar-refractivity contribution in [2.45, 2.75) is 6.92 Å². The van der Waals surface area contributed by atoms with Crippen LogP contribution in [0.1, 0.15) is 5.69 Å². The van der Waals surface area contributed by atoms with Gasteiger partial charge in [-0.25, -0.2) is 10.8 Å². The largest absolute Gasteiger partial charge is 0.361 e. The van der Waals surface area contributed by atoms with Crippen molar-refractivity contribution in [1.29, 1.82) is 0 Å². The molecule has 0 radical (unpaired) electrons. The van der Waals surface area contributed by atoms with Crippen LogP contribution in [0.4, 0.5) is 11.8 Å². The number of hydrogen-bond donors (Lipinski definition) is 3. The van der Waals surface area contributed by atoms with Gasteiger partial charge in [0.1, 0.15) is 5.82 Å². The predicted octanol–water partition coefficient (Wildman–Crippen LogP) is -0.429. The highest BCUT2D eigenvalue weighted by molar-refractivity contribution is 5.80. The number of amides is 1. The average molecular weight is 224 g/mol. The molecule has 0 bridgehead atoms. The summed E-state index contributed by atoms with van der Waals surface area (Å²) in [5.74, 6) is 6.07. The molecule has 0 aliphatic rings. The number of rotatable bonds is 4. The van der Waals surface area contributed by atoms with Crippen molar-refractivity contribution >= 4 is 17.7 Å². The third-order valence-electron chi connectivity index (χ3n) is 1.90. The van der Waals surface area contributed by atoms with Gasteiger partial charge < -0.3 is 10.2 Å². The Balaban J connectivity index is 2.67. The monoisotopic (exact) mass is 224 g/mol. The van der Waals surface area contributed by atoms with Crippen LogP contribution in [0, 0.1) is 6.92 Å². The second-order valence-electron chi connectivity index (χ2n) is 3.50. The summed E-state index contributed by atoms with van der Waals surface area (Å²) in [6.07, 6.45) is 0. The highest BCUT2D eigenvalue weighted by Crippen LogP contribution is 2.08. The van der Waals surface area contributed by atoms with E-state index >= 15 is 0 Å². The second kappa shape index (κ2) is 5.26. The number of anilines is 2. The van der Waals surface area contributed by atoms with Crippen LogP contribution in [-0.2, 0) is 4.79 Å². The maximum Gasteiger partial charge on any atom is 0.241 e. The summed E-state index contributed by atoms with van der Waals surface area (Å²) in [5.41, 5.74) is 3.13. The summed E-state index contributed by atoms with van der Waals surface area (Å²) in [6.45, 7) is 2.01. The molecule has 1 aromatic heterocycles. The van der Waals surface area contributed by atoms with Crippen LogP contribution in [0.5, 0.6) is 0 Å². The zero-order valence-corrected chi connectivity index (χ0v) is 9.61. The van der Waals surface area contributed by atoms with Crippen molar-refractivity contribution in [3.8, 4) is 0 Å². The number of nitrogen functional groups attached to an aromatic ring is 1. The molecule has 0 aliphatic carbocycles. The van der Waals surface area contributed by atoms with E-state index in [-0.39, 0.29) is 12.5 Å². The molecule has 0 saturated heterocycles. The fraction of sp³-hybridized carbons (Fsp3) is 0.444. The number of hydrazine groups is 1. The summed E-state index contributed by atoms with van der Waals surface area (Å²) in [5, 5.41) is 2.90. The minimum absolute atomic E-state index is 0.0291. The number of likely N-dealkylation sites (N-methyl/N-ethyl adjacent to an activating group) is 1. The molecule has 1 amide bonds. The number of aryl methyl sites for hydroxylation is 1. The Bertz CT molecular complexity index is 378. The van der Waals surface area contributed by atoms with Gasteiger partial charge in [0.05, 0.1) is 6.54 Å². The number of nitrogens with one attached hydrogen (secondary N) is 2. The van der Waals surface area contributed by atoms with Crippen molar-refractivity contribution in [1.82, 2.24) is 14.9 Å². The summed E-state index contributed by atoms with van der Waals surface area (Å²) >= 11 is 0. The highest BCUT2D eigenvalue weighted by atomic mass is 16.2. The van der Waals surface area contributed by atoms with Crippen LogP contribution in [0.3, 0.4) is 0 Å². The molecule has 0 fully saturated rings. The zero-order valence-electron chi connectivity index (χ0n) is 9.61. The molecule has 0 aliphatic heterocycles. The maximum atomic E-state index is 11.3. The lowest BCUT2D eigenvalue weighted by Gasteiger charge is -2.11. The summed E-state index contributed by atoms with van der Waals surface area (Å²) < 4.78 is 0. The minimum Gasteiger partial charge on any atom is -0.361 e. The molecule has 0 spiro atoms. The van der Waals surface area contributed by atoms with Crippen molar-refractivity contribution in [2.24, 2.45) is 5.84 Å². The number of aromatic nitrogens is 2. The first-order valence-corrected chi connectivity index (χ1v) is 4.79. The van der Waals surface area contributed by atoms with E-state index in [1.807, 2.05) is 6.92 Å². The fourth-order valence-corrected chi connectivity index (χ4v) is 1.05. The normalized spacial score (nSPS) is 9.75. The molecule has 0 aromatic carbocycles. The Morgan fingerprint density at radius 3 is 2.75 bits per heavy atom. The Labute approximate surface area is 94.0 Å². The van der Waals surface area contributed by atoms with E-state index in [9.17, 15) is 4.79 Å². The van der Waals surface area contributed by atoms with E-state index in [4.69, 9.17) is 5.84 Å². The Morgan fingerprint density at radius 2 is 2.19 bits per heavy atom. The molecule has 0 saturated carbocycles. The van der Waals surface area contributed by atoms with E-state index in [0.717, 1.165) is 5.69 Å². The Kier molecular flexibility index (Phi) is 4.01. The van der Waals surface area contributed by atoms with Gasteiger partial charge in [-0.2, -0.15) is 4.98 Å². The average Bonchev–Trinajstić information content (AvgIpc) is 2.24. The van der Waals surface area contributed by atoms with Crippen LogP contribution in [0.15, 0.2) is 6.07 Å². The number of nitrogens with zero attached hydrogens (tertiary/aromatic N) is 3. The fourth-order valence-electron chi connectivity index (χ4n) is 1.05. The molecular formula is C9H16N6O. The highest BCUT2D eigenvalue weighted by Gasteiger charge is 2.05. The smallest absolute Gasteiger partial charge is 0.241 e. The van der Waals surface area contributed by atoms with Crippen molar-refractivity contribution in [2.75, 3.05) is 31.4 Å². The van der Waals surface area contributed by atoms with Gasteiger partial charge in [-0.15, -0.1) is 0 Å². The summed E-state index contributed by atoms with van der Waals surface area (Å²) in [6, 6.07) is 1.74. The van der Waals surface area contributed by atoms with E-state index < -0.39 is 0 Å². The molecule has 7 heteroatoms. The van der Waals surface area contributed by atoms with Crippen molar-refractivity contribution in [3.05, 3.63) is 11.8 Å². The lowest BCUT2D eigenvalue weighted by molar-refractivity contribution is -0.126. The Morgan fingerprint density at radius 1 is 1.50 bits per heavy atom. The van der Waals surface area contributed by atoms with Gasteiger partial charge in [0, 0.05) is 25.9 Å². The SMILES string of the molecule is Cc1cc(NCC(=O)N(C)C)nc(NN)n1. The van der Waals surface area contributed by atoms with Gasteiger partial charge >= 0.3 is 0 Å². The molecule has 0 atom stereocenters. The quantitative estimate of drug-likeness (QED) is 0.474. The summed E-state index contributed by atoms with van der Waals surface area (Å²) in [4.78, 5) is 20.9. The molecule has 1 rings (SSSR count). The van der Waals surface area contributed by atoms with Gasteiger partial charge in [0.25, 0.3) is 0 Å². The molecule has 88 valence electrons. The van der Waals surface area contributed by atoms with Crippen LogP contribution in [0.25, 0.3) is 0 Å². The predicted molar refractivity (Wildman–Crippen MR) is 61.8 cm³/mol. The van der Waals surface area contributed by atoms with E-state index in [0.29, 0.717) is 11.8 Å². The van der Waals surface area contributed by atoms with Gasteiger partial charge in [0.2, 0.25) is 11.9 Å². The van der Waals surface area contributed by atoms with Crippen molar-refractivity contribution in [3.63, 3.8) is 0 Å². The second-order valence-corrected chi connectivity index (χ2v) is 3.50. The first-order chi connectivity index (χ1) is 7.52. The van der Waals surface area contributed by atoms with E-state index in [1.54, 1.807) is 20.2 Å². The number of hydrogen-bond acceptors (Lipinski definition) is 6. The van der Waals surface area contributed by atoms with E-state index in [2.05, 4.69) is 20.7 Å². The van der Waals surface area contributed by atoms with Crippen LogP contribution in [-0.4, -0.2) is 41.4 Å². The molecule has 4 N–H and O–H groups in total. The maximum absolute atomic E-state index is 11.3. The first-order valence-electron chi connectivity index (χ1n) is 4.79. The lowest BCUT2D eigenvalue weighted by Crippen LogP contribution is -2.29. The third-order valence-corrected chi connectivity index (χ3v) is 1.90. The molecule has 16 heavy (non-hydrogen) atoms. The number of carbonyl (C=O) groups excluding carboxylic acids is 1. The Hall–Kier alpha value is -1.89. The lowest BCUT2D eigenvalue weighted by atomic mass is 10.4. The number of nitrogens with two attached hydrogens (primary N) is 1. The van der Waals surface area contributed by atoms with Gasteiger partial charge in [-0.1, -0.05) is 0 Å². The zero-order chi connectivity index (χ0) is 12.1. The molecule has 0 unspecified atom stereocenters. The van der Waals surface area contributed by atoms with Crippen LogP contribution < -0.4 is 16.6 Å². The molecule has 1 heterocycles. The molecule has 1 aromatic rings. The van der Waals surface area contributed by atoms with Crippen LogP contribution >= 0.6 is 0 Å². The van der Waals surface area contributed by atoms with Gasteiger partial charge in [-0.3, -0.25) is 10.2 Å².